The van der Waals surface area contributed by atoms with Crippen molar-refractivity contribution in [2.45, 2.75) is 25.8 Å². The Hall–Kier alpha value is -1.17. The maximum atomic E-state index is 12.6. The fourth-order valence-electron chi connectivity index (χ4n) is 2.54. The van der Waals surface area contributed by atoms with Crippen molar-refractivity contribution in [1.82, 2.24) is 5.32 Å². The molecule has 1 aromatic carbocycles. The highest BCUT2D eigenvalue weighted by atomic mass is 32.2. The molecular formula is C15H16N2OS2. The Morgan fingerprint density at radius 2 is 2.25 bits per heavy atom. The SMILES string of the molecule is Cc1ccccc1N1C(=O)/C(=C/C2CCCN2)SC1=S. The van der Waals surface area contributed by atoms with Gasteiger partial charge in [0.2, 0.25) is 0 Å². The predicted molar refractivity (Wildman–Crippen MR) is 88.0 cm³/mol. The number of carbonyl (C=O) groups excluding carboxylic acids is 1. The van der Waals surface area contributed by atoms with Gasteiger partial charge in [0, 0.05) is 6.04 Å². The Bertz CT molecular complexity index is 591. The van der Waals surface area contributed by atoms with Crippen molar-refractivity contribution in [3.63, 3.8) is 0 Å². The molecule has 1 unspecified atom stereocenters. The minimum absolute atomic E-state index is 0.00278. The molecule has 0 saturated carbocycles. The van der Waals surface area contributed by atoms with E-state index in [0.29, 0.717) is 10.4 Å². The highest BCUT2D eigenvalue weighted by Crippen LogP contribution is 2.36. The number of nitrogens with zero attached hydrogens (tertiary/aromatic N) is 1. The van der Waals surface area contributed by atoms with Crippen molar-refractivity contribution in [3.05, 3.63) is 40.8 Å². The molecule has 2 aliphatic heterocycles. The molecule has 2 saturated heterocycles. The summed E-state index contributed by atoms with van der Waals surface area (Å²) < 4.78 is 0.619. The molecule has 20 heavy (non-hydrogen) atoms. The number of amides is 1. The van der Waals surface area contributed by atoms with Crippen LogP contribution in [-0.2, 0) is 4.79 Å². The van der Waals surface area contributed by atoms with Crippen LogP contribution in [0.5, 0.6) is 0 Å². The maximum Gasteiger partial charge on any atom is 0.270 e. The molecule has 2 aliphatic rings. The van der Waals surface area contributed by atoms with Gasteiger partial charge in [0.05, 0.1) is 10.6 Å². The zero-order valence-electron chi connectivity index (χ0n) is 11.3. The van der Waals surface area contributed by atoms with E-state index in [1.54, 1.807) is 4.90 Å². The first kappa shape index (κ1) is 13.8. The molecule has 104 valence electrons. The fourth-order valence-corrected chi connectivity index (χ4v) is 3.86. The van der Waals surface area contributed by atoms with E-state index in [1.165, 1.54) is 18.2 Å². The van der Waals surface area contributed by atoms with Gasteiger partial charge in [-0.1, -0.05) is 42.2 Å². The molecule has 3 rings (SSSR count). The van der Waals surface area contributed by atoms with Crippen LogP contribution in [0.4, 0.5) is 5.69 Å². The highest BCUT2D eigenvalue weighted by Gasteiger charge is 2.34. The van der Waals surface area contributed by atoms with Gasteiger partial charge in [-0.05, 0) is 44.0 Å². The van der Waals surface area contributed by atoms with Gasteiger partial charge >= 0.3 is 0 Å². The van der Waals surface area contributed by atoms with E-state index in [2.05, 4.69) is 5.32 Å². The summed E-state index contributed by atoms with van der Waals surface area (Å²) in [6.07, 6.45) is 4.29. The summed E-state index contributed by atoms with van der Waals surface area (Å²) in [7, 11) is 0. The monoisotopic (exact) mass is 304 g/mol. The second kappa shape index (κ2) is 5.68. The van der Waals surface area contributed by atoms with Crippen LogP contribution in [0.2, 0.25) is 0 Å². The van der Waals surface area contributed by atoms with Crippen molar-refractivity contribution < 1.29 is 4.79 Å². The first-order chi connectivity index (χ1) is 9.66. The summed E-state index contributed by atoms with van der Waals surface area (Å²) >= 11 is 6.79. The molecular weight excluding hydrogens is 288 g/mol. The molecule has 0 spiro atoms. The summed E-state index contributed by atoms with van der Waals surface area (Å²) in [5.41, 5.74) is 1.95. The molecule has 0 radical (unpaired) electrons. The molecule has 3 nitrogen and oxygen atoms in total. The van der Waals surface area contributed by atoms with Crippen LogP contribution in [0.1, 0.15) is 18.4 Å². The van der Waals surface area contributed by atoms with Gasteiger partial charge in [-0.25, -0.2) is 0 Å². The number of hydrogen-bond donors (Lipinski definition) is 1. The van der Waals surface area contributed by atoms with Crippen LogP contribution >= 0.6 is 24.0 Å². The van der Waals surface area contributed by atoms with E-state index in [0.717, 1.165) is 29.1 Å². The second-order valence-electron chi connectivity index (χ2n) is 5.03. The molecule has 1 atom stereocenters. The number of carbonyl (C=O) groups is 1. The van der Waals surface area contributed by atoms with Gasteiger partial charge in [0.25, 0.3) is 5.91 Å². The fraction of sp³-hybridized carbons (Fsp3) is 0.333. The van der Waals surface area contributed by atoms with Crippen molar-refractivity contribution in [1.29, 1.82) is 0 Å². The predicted octanol–water partition coefficient (Wildman–Crippen LogP) is 3.00. The van der Waals surface area contributed by atoms with Gasteiger partial charge < -0.3 is 5.32 Å². The van der Waals surface area contributed by atoms with Crippen molar-refractivity contribution in [2.24, 2.45) is 0 Å². The zero-order chi connectivity index (χ0) is 14.1. The van der Waals surface area contributed by atoms with Crippen molar-refractivity contribution in [3.8, 4) is 0 Å². The van der Waals surface area contributed by atoms with Gasteiger partial charge in [-0.3, -0.25) is 9.69 Å². The smallest absolute Gasteiger partial charge is 0.270 e. The van der Waals surface area contributed by atoms with Crippen LogP contribution in [0.3, 0.4) is 0 Å². The van der Waals surface area contributed by atoms with E-state index in [9.17, 15) is 4.79 Å². The zero-order valence-corrected chi connectivity index (χ0v) is 12.9. The number of thioether (sulfide) groups is 1. The third kappa shape index (κ3) is 2.53. The Labute approximate surface area is 128 Å². The third-order valence-electron chi connectivity index (χ3n) is 3.60. The van der Waals surface area contributed by atoms with Crippen LogP contribution in [0, 0.1) is 6.92 Å². The molecule has 2 heterocycles. The Kier molecular flexibility index (Phi) is 3.92. The molecule has 5 heteroatoms. The quantitative estimate of drug-likeness (QED) is 0.672. The topological polar surface area (TPSA) is 32.3 Å². The number of aryl methyl sites for hydroxylation is 1. The Morgan fingerprint density at radius 1 is 1.45 bits per heavy atom. The Balaban J connectivity index is 1.89. The lowest BCUT2D eigenvalue weighted by Crippen LogP contribution is -2.28. The number of rotatable bonds is 2. The number of thiocarbonyl (C=S) groups is 1. The highest BCUT2D eigenvalue weighted by molar-refractivity contribution is 8.27. The molecule has 0 aromatic heterocycles. The second-order valence-corrected chi connectivity index (χ2v) is 6.70. The van der Waals surface area contributed by atoms with E-state index >= 15 is 0 Å². The lowest BCUT2D eigenvalue weighted by atomic mass is 10.1. The molecule has 0 bridgehead atoms. The third-order valence-corrected chi connectivity index (χ3v) is 4.92. The standard InChI is InChI=1S/C15H16N2OS2/c1-10-5-2-3-7-12(10)17-14(18)13(20-15(17)19)9-11-6-4-8-16-11/h2-3,5,7,9,11,16H,4,6,8H2,1H3/b13-9-. The van der Waals surface area contributed by atoms with E-state index in [4.69, 9.17) is 12.2 Å². The minimum Gasteiger partial charge on any atom is -0.310 e. The van der Waals surface area contributed by atoms with Crippen molar-refractivity contribution in [2.75, 3.05) is 11.4 Å². The van der Waals surface area contributed by atoms with Crippen LogP contribution in [0.15, 0.2) is 35.2 Å². The molecule has 1 N–H and O–H groups in total. The average Bonchev–Trinajstić information content (AvgIpc) is 3.01. The first-order valence-electron chi connectivity index (χ1n) is 6.74. The summed E-state index contributed by atoms with van der Waals surface area (Å²) in [5, 5.41) is 3.38. The summed E-state index contributed by atoms with van der Waals surface area (Å²) in [5.74, 6) is 0.00278. The van der Waals surface area contributed by atoms with Gasteiger partial charge in [-0.15, -0.1) is 0 Å². The van der Waals surface area contributed by atoms with Gasteiger partial charge in [0.1, 0.15) is 0 Å². The largest absolute Gasteiger partial charge is 0.310 e. The number of nitrogens with one attached hydrogen (secondary N) is 1. The van der Waals surface area contributed by atoms with Crippen LogP contribution < -0.4 is 10.2 Å². The van der Waals surface area contributed by atoms with Crippen LogP contribution in [0.25, 0.3) is 0 Å². The van der Waals surface area contributed by atoms with E-state index < -0.39 is 0 Å². The average molecular weight is 304 g/mol. The summed E-state index contributed by atoms with van der Waals surface area (Å²) in [4.78, 5) is 15.0. The molecule has 1 aromatic rings. The van der Waals surface area contributed by atoms with Gasteiger partial charge in [-0.2, -0.15) is 0 Å². The summed E-state index contributed by atoms with van der Waals surface area (Å²) in [6, 6.07) is 8.14. The lowest BCUT2D eigenvalue weighted by Gasteiger charge is -2.16. The van der Waals surface area contributed by atoms with E-state index in [-0.39, 0.29) is 5.91 Å². The van der Waals surface area contributed by atoms with Crippen LogP contribution in [-0.4, -0.2) is 22.8 Å². The van der Waals surface area contributed by atoms with E-state index in [1.807, 2.05) is 37.3 Å². The maximum absolute atomic E-state index is 12.6. The lowest BCUT2D eigenvalue weighted by molar-refractivity contribution is -0.113. The number of benzene rings is 1. The summed E-state index contributed by atoms with van der Waals surface area (Å²) in [6.45, 7) is 3.02. The normalized spacial score (nSPS) is 24.9. The van der Waals surface area contributed by atoms with Gasteiger partial charge in [0.15, 0.2) is 4.32 Å². The first-order valence-corrected chi connectivity index (χ1v) is 7.96. The Morgan fingerprint density at radius 3 is 2.95 bits per heavy atom. The molecule has 0 aliphatic carbocycles. The molecule has 1 amide bonds. The minimum atomic E-state index is 0.00278. The number of anilines is 1. The van der Waals surface area contributed by atoms with Crippen molar-refractivity contribution >= 4 is 39.9 Å². The molecule has 2 fully saturated rings. The number of hydrogen-bond acceptors (Lipinski definition) is 4. The number of para-hydroxylation sites is 1.